The fraction of sp³-hybridized carbons (Fsp3) is 0.294. The van der Waals surface area contributed by atoms with Crippen LogP contribution in [0.25, 0.3) is 21.8 Å². The Balaban J connectivity index is 2.23. The lowest BCUT2D eigenvalue weighted by Gasteiger charge is -2.08. The predicted molar refractivity (Wildman–Crippen MR) is 84.5 cm³/mol. The average molecular weight is 299 g/mol. The molecule has 0 spiro atoms. The van der Waals surface area contributed by atoms with Crippen LogP contribution in [0.15, 0.2) is 12.1 Å². The van der Waals surface area contributed by atoms with Gasteiger partial charge in [0, 0.05) is 10.8 Å². The first-order chi connectivity index (χ1) is 10.7. The lowest BCUT2D eigenvalue weighted by molar-refractivity contribution is 0.171. The summed E-state index contributed by atoms with van der Waals surface area (Å²) in [7, 11) is 3.32. The first kappa shape index (κ1) is 13.1. The highest BCUT2D eigenvalue weighted by atomic mass is 16.7. The highest BCUT2D eigenvalue weighted by molar-refractivity contribution is 6.14. The van der Waals surface area contributed by atoms with E-state index in [0.29, 0.717) is 17.2 Å². The van der Waals surface area contributed by atoms with Crippen molar-refractivity contribution in [2.24, 2.45) is 0 Å². The Kier molecular flexibility index (Phi) is 2.66. The smallest absolute Gasteiger partial charge is 0.231 e. The van der Waals surface area contributed by atoms with Crippen molar-refractivity contribution >= 4 is 21.8 Å². The van der Waals surface area contributed by atoms with Crippen molar-refractivity contribution in [1.29, 1.82) is 0 Å². The number of fused-ring (bicyclic) bond motifs is 4. The molecule has 1 N–H and O–H groups in total. The van der Waals surface area contributed by atoms with Crippen molar-refractivity contribution in [3.05, 3.63) is 23.3 Å². The molecule has 2 aromatic carbocycles. The fourth-order valence-corrected chi connectivity index (χ4v) is 3.16. The molecule has 0 bridgehead atoms. The Hall–Kier alpha value is -2.56. The number of hydrogen-bond donors (Lipinski definition) is 1. The van der Waals surface area contributed by atoms with E-state index in [2.05, 4.69) is 18.8 Å². The van der Waals surface area contributed by atoms with E-state index >= 15 is 0 Å². The molecule has 0 amide bonds. The summed E-state index contributed by atoms with van der Waals surface area (Å²) in [5, 5.41) is 2.18. The van der Waals surface area contributed by atoms with Crippen molar-refractivity contribution in [2.75, 3.05) is 21.0 Å². The van der Waals surface area contributed by atoms with Crippen LogP contribution in [0.3, 0.4) is 0 Å². The maximum atomic E-state index is 5.57. The zero-order chi connectivity index (χ0) is 15.4. The van der Waals surface area contributed by atoms with Gasteiger partial charge < -0.3 is 23.9 Å². The Bertz CT molecular complexity index is 911. The molecular weight excluding hydrogens is 282 g/mol. The van der Waals surface area contributed by atoms with Crippen LogP contribution in [-0.2, 0) is 0 Å². The van der Waals surface area contributed by atoms with E-state index in [1.807, 2.05) is 12.1 Å². The quantitative estimate of drug-likeness (QED) is 0.784. The molecule has 0 unspecified atom stereocenters. The third-order valence-corrected chi connectivity index (χ3v) is 4.37. The van der Waals surface area contributed by atoms with Crippen LogP contribution < -0.4 is 18.9 Å². The molecule has 0 atom stereocenters. The van der Waals surface area contributed by atoms with E-state index in [9.17, 15) is 0 Å². The highest BCUT2D eigenvalue weighted by Crippen LogP contribution is 2.49. The van der Waals surface area contributed by atoms with Gasteiger partial charge in [-0.2, -0.15) is 0 Å². The number of aromatic nitrogens is 1. The minimum absolute atomic E-state index is 0.220. The Morgan fingerprint density at radius 1 is 1.05 bits per heavy atom. The van der Waals surface area contributed by atoms with Gasteiger partial charge in [0.1, 0.15) is 5.75 Å². The molecule has 3 aromatic rings. The highest BCUT2D eigenvalue weighted by Gasteiger charge is 2.25. The number of aromatic amines is 1. The van der Waals surface area contributed by atoms with E-state index in [1.165, 1.54) is 11.1 Å². The zero-order valence-electron chi connectivity index (χ0n) is 13.0. The summed E-state index contributed by atoms with van der Waals surface area (Å²) in [5.74, 6) is 2.85. The van der Waals surface area contributed by atoms with Gasteiger partial charge in [0.15, 0.2) is 11.5 Å². The molecule has 5 heteroatoms. The fourth-order valence-electron chi connectivity index (χ4n) is 3.16. The molecule has 5 nitrogen and oxygen atoms in total. The molecule has 0 saturated carbocycles. The molecule has 22 heavy (non-hydrogen) atoms. The molecule has 1 aromatic heterocycles. The molecule has 2 heterocycles. The first-order valence-electron chi connectivity index (χ1n) is 7.12. The minimum atomic E-state index is 0.220. The minimum Gasteiger partial charge on any atom is -0.495 e. The Morgan fingerprint density at radius 3 is 2.59 bits per heavy atom. The van der Waals surface area contributed by atoms with Gasteiger partial charge in [-0.3, -0.25) is 0 Å². The topological polar surface area (TPSA) is 52.7 Å². The van der Waals surface area contributed by atoms with Crippen molar-refractivity contribution in [2.45, 2.75) is 13.8 Å². The second-order valence-corrected chi connectivity index (χ2v) is 5.46. The van der Waals surface area contributed by atoms with Gasteiger partial charge in [-0.15, -0.1) is 0 Å². The van der Waals surface area contributed by atoms with E-state index in [-0.39, 0.29) is 6.79 Å². The second-order valence-electron chi connectivity index (χ2n) is 5.46. The van der Waals surface area contributed by atoms with E-state index < -0.39 is 0 Å². The largest absolute Gasteiger partial charge is 0.495 e. The van der Waals surface area contributed by atoms with Gasteiger partial charge in [0.2, 0.25) is 12.5 Å². The van der Waals surface area contributed by atoms with Gasteiger partial charge in [-0.05, 0) is 37.1 Å². The SMILES string of the molecule is COc1c2c(cc3c1[nH]c1c(OC)cc(C)c(C)c13)OCO2. The van der Waals surface area contributed by atoms with Crippen LogP contribution >= 0.6 is 0 Å². The number of aryl methyl sites for hydroxylation is 2. The predicted octanol–water partition coefficient (Wildman–Crippen LogP) is 3.68. The van der Waals surface area contributed by atoms with Crippen molar-refractivity contribution in [1.82, 2.24) is 4.98 Å². The average Bonchev–Trinajstić information content (AvgIpc) is 3.12. The zero-order valence-corrected chi connectivity index (χ0v) is 13.0. The van der Waals surface area contributed by atoms with Gasteiger partial charge in [0.05, 0.1) is 25.3 Å². The molecule has 1 aliphatic rings. The molecule has 1 aliphatic heterocycles. The van der Waals surface area contributed by atoms with Crippen LogP contribution in [0.5, 0.6) is 23.0 Å². The third kappa shape index (κ3) is 1.53. The standard InChI is InChI=1S/C17H17NO4/c1-8-5-11(19-3)15-13(9(8)2)10-6-12-16(22-7-21-12)17(20-4)14(10)18-15/h5-6,18H,7H2,1-4H3. The Morgan fingerprint density at radius 2 is 1.86 bits per heavy atom. The summed E-state index contributed by atoms with van der Waals surface area (Å²) < 4.78 is 22.2. The van der Waals surface area contributed by atoms with E-state index in [1.54, 1.807) is 14.2 Å². The van der Waals surface area contributed by atoms with Crippen LogP contribution in [0, 0.1) is 13.8 Å². The van der Waals surface area contributed by atoms with Gasteiger partial charge >= 0.3 is 0 Å². The normalized spacial score (nSPS) is 13.1. The Labute approximate surface area is 127 Å². The summed E-state index contributed by atoms with van der Waals surface area (Å²) in [4.78, 5) is 3.43. The molecular formula is C17H17NO4. The third-order valence-electron chi connectivity index (χ3n) is 4.37. The molecule has 0 saturated heterocycles. The monoisotopic (exact) mass is 299 g/mol. The van der Waals surface area contributed by atoms with Crippen molar-refractivity contribution in [3.8, 4) is 23.0 Å². The maximum absolute atomic E-state index is 5.57. The summed E-state index contributed by atoms with van der Waals surface area (Å²) in [6, 6.07) is 4.05. The molecule has 114 valence electrons. The van der Waals surface area contributed by atoms with Gasteiger partial charge in [-0.1, -0.05) is 0 Å². The lowest BCUT2D eigenvalue weighted by atomic mass is 10.0. The number of ether oxygens (including phenoxy) is 4. The number of methoxy groups -OCH3 is 2. The summed E-state index contributed by atoms with van der Waals surface area (Å²) in [5.41, 5.74) is 4.25. The van der Waals surface area contributed by atoms with Crippen molar-refractivity contribution < 1.29 is 18.9 Å². The number of rotatable bonds is 2. The number of benzene rings is 2. The number of nitrogens with one attached hydrogen (secondary N) is 1. The van der Waals surface area contributed by atoms with Gasteiger partial charge in [0.25, 0.3) is 0 Å². The lowest BCUT2D eigenvalue weighted by Crippen LogP contribution is -1.94. The van der Waals surface area contributed by atoms with Gasteiger partial charge in [-0.25, -0.2) is 0 Å². The summed E-state index contributed by atoms with van der Waals surface area (Å²) in [6.45, 7) is 4.42. The first-order valence-corrected chi connectivity index (χ1v) is 7.12. The van der Waals surface area contributed by atoms with E-state index in [0.717, 1.165) is 27.6 Å². The molecule has 4 rings (SSSR count). The van der Waals surface area contributed by atoms with Crippen LogP contribution in [0.4, 0.5) is 0 Å². The number of H-pyrrole nitrogens is 1. The molecule has 0 aliphatic carbocycles. The van der Waals surface area contributed by atoms with Crippen LogP contribution in [0.1, 0.15) is 11.1 Å². The van der Waals surface area contributed by atoms with Crippen LogP contribution in [-0.4, -0.2) is 26.0 Å². The molecule has 0 fully saturated rings. The summed E-state index contributed by atoms with van der Waals surface area (Å²) >= 11 is 0. The number of hydrogen-bond acceptors (Lipinski definition) is 4. The van der Waals surface area contributed by atoms with Crippen molar-refractivity contribution in [3.63, 3.8) is 0 Å². The summed E-state index contributed by atoms with van der Waals surface area (Å²) in [6.07, 6.45) is 0. The molecule has 0 radical (unpaired) electrons. The maximum Gasteiger partial charge on any atom is 0.231 e. The second kappa shape index (κ2) is 4.47. The van der Waals surface area contributed by atoms with Crippen LogP contribution in [0.2, 0.25) is 0 Å². The van der Waals surface area contributed by atoms with E-state index in [4.69, 9.17) is 18.9 Å².